The number of hydrogen-bond acceptors (Lipinski definition) is 5. The molecule has 0 fully saturated rings. The van der Waals surface area contributed by atoms with Gasteiger partial charge in [-0.05, 0) is 30.7 Å². The van der Waals surface area contributed by atoms with E-state index < -0.39 is 12.8 Å². The van der Waals surface area contributed by atoms with Crippen molar-refractivity contribution in [2.75, 3.05) is 27.4 Å². The minimum Gasteiger partial charge on any atom is -0.493 e. The maximum absolute atomic E-state index is 12.4. The first-order valence-corrected chi connectivity index (χ1v) is 9.22. The lowest BCUT2D eigenvalue weighted by atomic mass is 10.2. The van der Waals surface area contributed by atoms with Crippen LogP contribution in [0.1, 0.15) is 18.1 Å². The first-order chi connectivity index (χ1) is 14.4. The van der Waals surface area contributed by atoms with Crippen molar-refractivity contribution in [2.45, 2.75) is 26.2 Å². The molecule has 2 rings (SSSR count). The summed E-state index contributed by atoms with van der Waals surface area (Å²) in [6, 6.07) is 8.77. The lowest BCUT2D eigenvalue weighted by Crippen LogP contribution is -2.37. The maximum Gasteiger partial charge on any atom is 0.422 e. The number of aromatic nitrogens is 1. The van der Waals surface area contributed by atoms with Crippen molar-refractivity contribution in [3.8, 4) is 17.4 Å². The third-order valence-electron chi connectivity index (χ3n) is 3.88. The van der Waals surface area contributed by atoms with Crippen molar-refractivity contribution in [1.29, 1.82) is 0 Å². The van der Waals surface area contributed by atoms with Gasteiger partial charge in [-0.1, -0.05) is 12.1 Å². The summed E-state index contributed by atoms with van der Waals surface area (Å²) in [6.45, 7) is 1.68. The van der Waals surface area contributed by atoms with E-state index in [0.29, 0.717) is 36.1 Å². The van der Waals surface area contributed by atoms with Crippen molar-refractivity contribution < 1.29 is 27.4 Å². The van der Waals surface area contributed by atoms with Gasteiger partial charge >= 0.3 is 6.18 Å². The minimum absolute atomic E-state index is 0.0712. The lowest BCUT2D eigenvalue weighted by molar-refractivity contribution is -0.154. The van der Waals surface area contributed by atoms with Gasteiger partial charge in [-0.2, -0.15) is 13.2 Å². The maximum atomic E-state index is 12.4. The van der Waals surface area contributed by atoms with Crippen molar-refractivity contribution in [1.82, 2.24) is 15.6 Å². The number of nitrogens with zero attached hydrogens (tertiary/aromatic N) is 2. The smallest absolute Gasteiger partial charge is 0.422 e. The Morgan fingerprint density at radius 3 is 2.53 bits per heavy atom. The molecule has 1 heterocycles. The van der Waals surface area contributed by atoms with Crippen LogP contribution in [0.4, 0.5) is 13.2 Å². The van der Waals surface area contributed by atoms with Crippen LogP contribution in [0.25, 0.3) is 0 Å². The number of hydrogen-bond donors (Lipinski definition) is 2. The number of pyridine rings is 1. The van der Waals surface area contributed by atoms with Crippen molar-refractivity contribution in [3.05, 3.63) is 47.7 Å². The molecule has 2 N–H and O–H groups in total. The van der Waals surface area contributed by atoms with Crippen LogP contribution in [-0.4, -0.2) is 44.5 Å². The topological polar surface area (TPSA) is 77.0 Å². The van der Waals surface area contributed by atoms with Gasteiger partial charge in [0.15, 0.2) is 24.1 Å². The van der Waals surface area contributed by atoms with E-state index in [4.69, 9.17) is 14.2 Å². The zero-order chi connectivity index (χ0) is 22.0. The number of aliphatic imine (C=N–C) groups is 1. The molecule has 0 aliphatic heterocycles. The SMILES string of the molecule is CCNC(=NCc1ccc(OC)c(OC)c1)NCc1cccnc1OCC(F)(F)F. The predicted molar refractivity (Wildman–Crippen MR) is 107 cm³/mol. The molecule has 0 saturated carbocycles. The number of nitrogens with one attached hydrogen (secondary N) is 2. The van der Waals surface area contributed by atoms with E-state index >= 15 is 0 Å². The molecule has 7 nitrogen and oxygen atoms in total. The molecule has 0 unspecified atom stereocenters. The molecular formula is C20H25F3N4O3. The Bertz CT molecular complexity index is 844. The fourth-order valence-corrected chi connectivity index (χ4v) is 2.51. The molecule has 2 aromatic rings. The van der Waals surface area contributed by atoms with Gasteiger partial charge in [0.2, 0.25) is 5.88 Å². The summed E-state index contributed by atoms with van der Waals surface area (Å²) in [7, 11) is 3.12. The Balaban J connectivity index is 2.06. The third-order valence-corrected chi connectivity index (χ3v) is 3.88. The van der Waals surface area contributed by atoms with Crippen LogP contribution in [0.3, 0.4) is 0 Å². The predicted octanol–water partition coefficient (Wildman–Crippen LogP) is 3.30. The summed E-state index contributed by atoms with van der Waals surface area (Å²) in [4.78, 5) is 8.39. The zero-order valence-electron chi connectivity index (χ0n) is 17.0. The van der Waals surface area contributed by atoms with Gasteiger partial charge in [0.25, 0.3) is 0 Å². The molecule has 0 aliphatic carbocycles. The normalized spacial score (nSPS) is 11.7. The van der Waals surface area contributed by atoms with Crippen molar-refractivity contribution in [3.63, 3.8) is 0 Å². The Morgan fingerprint density at radius 2 is 1.87 bits per heavy atom. The second-order valence-electron chi connectivity index (χ2n) is 6.11. The largest absolute Gasteiger partial charge is 0.493 e. The van der Waals surface area contributed by atoms with Crippen LogP contribution < -0.4 is 24.8 Å². The quantitative estimate of drug-likeness (QED) is 0.473. The van der Waals surface area contributed by atoms with Crippen LogP contribution in [0, 0.1) is 0 Å². The van der Waals surface area contributed by atoms with E-state index in [1.54, 1.807) is 32.4 Å². The van der Waals surface area contributed by atoms with Crippen LogP contribution in [-0.2, 0) is 13.1 Å². The molecular weight excluding hydrogens is 401 g/mol. The highest BCUT2D eigenvalue weighted by Crippen LogP contribution is 2.27. The number of methoxy groups -OCH3 is 2. The van der Waals surface area contributed by atoms with Gasteiger partial charge < -0.3 is 24.8 Å². The molecule has 30 heavy (non-hydrogen) atoms. The second-order valence-corrected chi connectivity index (χ2v) is 6.11. The Kier molecular flexibility index (Phi) is 8.57. The Hall–Kier alpha value is -3.17. The second kappa shape index (κ2) is 11.1. The zero-order valence-corrected chi connectivity index (χ0v) is 17.0. The minimum atomic E-state index is -4.43. The Morgan fingerprint density at radius 1 is 1.10 bits per heavy atom. The summed E-state index contributed by atoms with van der Waals surface area (Å²) in [5.74, 6) is 1.65. The number of benzene rings is 1. The molecule has 0 radical (unpaired) electrons. The van der Waals surface area contributed by atoms with E-state index in [2.05, 4.69) is 20.6 Å². The van der Waals surface area contributed by atoms with E-state index in [-0.39, 0.29) is 12.4 Å². The third kappa shape index (κ3) is 7.34. The summed E-state index contributed by atoms with van der Waals surface area (Å²) in [5, 5.41) is 6.17. The number of halogens is 3. The van der Waals surface area contributed by atoms with Crippen LogP contribution in [0.15, 0.2) is 41.5 Å². The molecule has 0 saturated heterocycles. The number of ether oxygens (including phenoxy) is 3. The highest BCUT2D eigenvalue weighted by molar-refractivity contribution is 5.79. The van der Waals surface area contributed by atoms with Gasteiger partial charge in [0.05, 0.1) is 20.8 Å². The summed E-state index contributed by atoms with van der Waals surface area (Å²) in [5.41, 5.74) is 1.39. The van der Waals surface area contributed by atoms with E-state index in [1.165, 1.54) is 6.20 Å². The van der Waals surface area contributed by atoms with Crippen molar-refractivity contribution in [2.24, 2.45) is 4.99 Å². The standard InChI is InChI=1S/C20H25F3N4O3/c1-4-24-19(26-11-14-7-8-16(28-2)17(10-14)29-3)27-12-15-6-5-9-25-18(15)30-13-20(21,22)23/h5-10H,4,11-13H2,1-3H3,(H2,24,26,27). The summed E-state index contributed by atoms with van der Waals surface area (Å²) >= 11 is 0. The van der Waals surface area contributed by atoms with Crippen LogP contribution in [0.5, 0.6) is 17.4 Å². The number of alkyl halides is 3. The van der Waals surface area contributed by atoms with Gasteiger partial charge in [0.1, 0.15) is 0 Å². The highest BCUT2D eigenvalue weighted by atomic mass is 19.4. The number of guanidine groups is 1. The van der Waals surface area contributed by atoms with Crippen molar-refractivity contribution >= 4 is 5.96 Å². The van der Waals surface area contributed by atoms with Gasteiger partial charge in [0, 0.05) is 24.8 Å². The molecule has 1 aromatic carbocycles. The molecule has 0 aliphatic rings. The monoisotopic (exact) mass is 426 g/mol. The molecule has 164 valence electrons. The van der Waals surface area contributed by atoms with Crippen LogP contribution in [0.2, 0.25) is 0 Å². The Labute approximate surface area is 173 Å². The molecule has 10 heteroatoms. The van der Waals surface area contributed by atoms with Gasteiger partial charge in [-0.15, -0.1) is 0 Å². The van der Waals surface area contributed by atoms with Gasteiger partial charge in [-0.3, -0.25) is 0 Å². The summed E-state index contributed by atoms with van der Waals surface area (Å²) < 4.78 is 52.6. The molecule has 0 bridgehead atoms. The van der Waals surface area contributed by atoms with Crippen LogP contribution >= 0.6 is 0 Å². The lowest BCUT2D eigenvalue weighted by Gasteiger charge is -2.15. The average molecular weight is 426 g/mol. The van der Waals surface area contributed by atoms with E-state index in [9.17, 15) is 13.2 Å². The first kappa shape index (κ1) is 23.1. The van der Waals surface area contributed by atoms with E-state index in [0.717, 1.165) is 5.56 Å². The highest BCUT2D eigenvalue weighted by Gasteiger charge is 2.29. The average Bonchev–Trinajstić information content (AvgIpc) is 2.74. The number of rotatable bonds is 9. The van der Waals surface area contributed by atoms with E-state index in [1.807, 2.05) is 19.1 Å². The van der Waals surface area contributed by atoms with Gasteiger partial charge in [-0.25, -0.2) is 9.98 Å². The first-order valence-electron chi connectivity index (χ1n) is 9.22. The molecule has 1 aromatic heterocycles. The molecule has 0 atom stereocenters. The summed E-state index contributed by atoms with van der Waals surface area (Å²) in [6.07, 6.45) is -3.05. The fraction of sp³-hybridized carbons (Fsp3) is 0.400. The fourth-order valence-electron chi connectivity index (χ4n) is 2.51. The molecule has 0 amide bonds. The molecule has 0 spiro atoms.